The zero-order valence-corrected chi connectivity index (χ0v) is 20.6. The molecule has 0 aliphatic rings. The molecule has 1 amide bonds. The topological polar surface area (TPSA) is 101 Å². The molecule has 2 N–H and O–H groups in total. The third-order valence-electron chi connectivity index (χ3n) is 6.49. The van der Waals surface area contributed by atoms with Gasteiger partial charge in [-0.25, -0.2) is 4.98 Å². The number of aryl methyl sites for hydroxylation is 2. The van der Waals surface area contributed by atoms with Gasteiger partial charge in [-0.2, -0.15) is 0 Å². The molecule has 0 radical (unpaired) electrons. The summed E-state index contributed by atoms with van der Waals surface area (Å²) in [5.74, 6) is 0.342. The van der Waals surface area contributed by atoms with Crippen LogP contribution in [0.25, 0.3) is 16.7 Å². The summed E-state index contributed by atoms with van der Waals surface area (Å²) in [6, 6.07) is 23.8. The molecule has 0 bridgehead atoms. The van der Waals surface area contributed by atoms with E-state index in [0.717, 1.165) is 16.9 Å². The van der Waals surface area contributed by atoms with Crippen LogP contribution < -0.4 is 21.1 Å². The van der Waals surface area contributed by atoms with Crippen LogP contribution in [0.2, 0.25) is 0 Å². The number of carbonyl (C=O) groups excluding carboxylic acids is 1. The van der Waals surface area contributed by atoms with Crippen molar-refractivity contribution in [3.05, 3.63) is 118 Å². The van der Waals surface area contributed by atoms with Crippen molar-refractivity contribution in [2.45, 2.75) is 25.9 Å². The maximum Gasteiger partial charge on any atom is 0.267 e. The first-order valence-electron chi connectivity index (χ1n) is 12.0. The highest BCUT2D eigenvalue weighted by Gasteiger charge is 2.19. The number of hydrogen-bond acceptors (Lipinski definition) is 5. The van der Waals surface area contributed by atoms with Crippen LogP contribution in [0.5, 0.6) is 5.75 Å². The van der Waals surface area contributed by atoms with Crippen molar-refractivity contribution in [1.82, 2.24) is 19.3 Å². The van der Waals surface area contributed by atoms with Crippen LogP contribution in [0, 0.1) is 5.41 Å². The van der Waals surface area contributed by atoms with Crippen molar-refractivity contribution in [3.8, 4) is 5.75 Å². The van der Waals surface area contributed by atoms with E-state index < -0.39 is 5.91 Å². The maximum atomic E-state index is 13.4. The van der Waals surface area contributed by atoms with Gasteiger partial charge in [0, 0.05) is 12.7 Å². The number of pyridine rings is 2. The summed E-state index contributed by atoms with van der Waals surface area (Å²) < 4.78 is 8.34. The Labute approximate surface area is 213 Å². The smallest absolute Gasteiger partial charge is 0.267 e. The van der Waals surface area contributed by atoms with Gasteiger partial charge in [0.2, 0.25) is 0 Å². The van der Waals surface area contributed by atoms with E-state index in [9.17, 15) is 9.59 Å². The summed E-state index contributed by atoms with van der Waals surface area (Å²) in [6.07, 6.45) is 2.23. The van der Waals surface area contributed by atoms with E-state index in [1.807, 2.05) is 67.6 Å². The molecule has 0 saturated heterocycles. The molecule has 186 valence electrons. The van der Waals surface area contributed by atoms with Crippen molar-refractivity contribution in [2.24, 2.45) is 0 Å². The van der Waals surface area contributed by atoms with Gasteiger partial charge in [0.1, 0.15) is 22.5 Å². The number of hydrogen-bond donors (Lipinski definition) is 2. The van der Waals surface area contributed by atoms with Gasteiger partial charge in [-0.3, -0.25) is 19.4 Å². The maximum absolute atomic E-state index is 13.4. The summed E-state index contributed by atoms with van der Waals surface area (Å²) in [4.78, 5) is 31.5. The summed E-state index contributed by atoms with van der Waals surface area (Å²) in [6.45, 7) is 2.26. The Morgan fingerprint density at radius 2 is 1.78 bits per heavy atom. The van der Waals surface area contributed by atoms with Crippen LogP contribution in [-0.2, 0) is 13.0 Å². The Kier molecular flexibility index (Phi) is 6.55. The van der Waals surface area contributed by atoms with Crippen molar-refractivity contribution in [3.63, 3.8) is 0 Å². The second-order valence-corrected chi connectivity index (χ2v) is 8.85. The average molecular weight is 494 g/mol. The van der Waals surface area contributed by atoms with Gasteiger partial charge >= 0.3 is 0 Å². The van der Waals surface area contributed by atoms with E-state index in [0.29, 0.717) is 24.3 Å². The highest BCUT2D eigenvalue weighted by atomic mass is 16.5. The van der Waals surface area contributed by atoms with Gasteiger partial charge in [0.25, 0.3) is 11.5 Å². The Morgan fingerprint density at radius 1 is 1.05 bits per heavy atom. The molecule has 3 aromatic heterocycles. The van der Waals surface area contributed by atoms with Crippen molar-refractivity contribution in [2.75, 3.05) is 7.11 Å². The van der Waals surface area contributed by atoms with Crippen LogP contribution in [0.15, 0.2) is 89.9 Å². The molecule has 3 heterocycles. The summed E-state index contributed by atoms with van der Waals surface area (Å²) >= 11 is 0. The number of fused-ring (bicyclic) bond motifs is 2. The molecule has 0 aliphatic heterocycles. The lowest BCUT2D eigenvalue weighted by Crippen LogP contribution is -2.36. The van der Waals surface area contributed by atoms with Crippen molar-refractivity contribution in [1.29, 1.82) is 5.41 Å². The first-order valence-corrected chi connectivity index (χ1v) is 12.0. The number of ether oxygens (including phenoxy) is 1. The molecule has 0 aliphatic carbocycles. The zero-order valence-electron chi connectivity index (χ0n) is 20.6. The monoisotopic (exact) mass is 493 g/mol. The van der Waals surface area contributed by atoms with E-state index in [4.69, 9.17) is 15.1 Å². The standard InChI is InChI=1S/C29H27N5O3/c1-19(21-8-4-3-5-9-21)31-28(35)23-18-24-27(32-25-10-6-7-16-33(25)29(24)36)34(26(23)30)17-15-20-11-13-22(37-2)14-12-20/h3-14,16,18-19,30H,15,17H2,1-2H3,(H,31,35)/t19-/m0/s1. The van der Waals surface area contributed by atoms with Crippen LogP contribution in [0.4, 0.5) is 0 Å². The third kappa shape index (κ3) is 4.73. The summed E-state index contributed by atoms with van der Waals surface area (Å²) in [5.41, 5.74) is 2.68. The Bertz CT molecular complexity index is 1710. The number of amides is 1. The lowest BCUT2D eigenvalue weighted by Gasteiger charge is -2.17. The van der Waals surface area contributed by atoms with Crippen molar-refractivity contribution < 1.29 is 9.53 Å². The molecule has 37 heavy (non-hydrogen) atoms. The van der Waals surface area contributed by atoms with Gasteiger partial charge in [0.05, 0.1) is 24.1 Å². The van der Waals surface area contributed by atoms with Crippen LogP contribution in [0.3, 0.4) is 0 Å². The first-order chi connectivity index (χ1) is 18.0. The largest absolute Gasteiger partial charge is 0.497 e. The molecule has 2 aromatic carbocycles. The Hall–Kier alpha value is -4.72. The van der Waals surface area contributed by atoms with Gasteiger partial charge in [0.15, 0.2) is 0 Å². The van der Waals surface area contributed by atoms with Crippen LogP contribution in [-0.4, -0.2) is 27.0 Å². The number of methoxy groups -OCH3 is 1. The van der Waals surface area contributed by atoms with Gasteiger partial charge in [-0.15, -0.1) is 0 Å². The van der Waals surface area contributed by atoms with E-state index in [1.165, 1.54) is 10.5 Å². The molecular weight excluding hydrogens is 466 g/mol. The zero-order chi connectivity index (χ0) is 25.9. The first kappa shape index (κ1) is 24.0. The fourth-order valence-electron chi connectivity index (χ4n) is 4.41. The minimum atomic E-state index is -0.418. The van der Waals surface area contributed by atoms with Gasteiger partial charge in [-0.1, -0.05) is 48.5 Å². The fraction of sp³-hybridized carbons (Fsp3) is 0.172. The molecule has 5 aromatic rings. The summed E-state index contributed by atoms with van der Waals surface area (Å²) in [5, 5.41) is 12.2. The van der Waals surface area contributed by atoms with Gasteiger partial charge < -0.3 is 14.6 Å². The molecule has 0 fully saturated rings. The molecule has 0 unspecified atom stereocenters. The molecule has 8 heteroatoms. The molecule has 8 nitrogen and oxygen atoms in total. The number of aromatic nitrogens is 3. The fourth-order valence-corrected chi connectivity index (χ4v) is 4.41. The predicted molar refractivity (Wildman–Crippen MR) is 142 cm³/mol. The second kappa shape index (κ2) is 10.1. The minimum absolute atomic E-state index is 0.00551. The second-order valence-electron chi connectivity index (χ2n) is 8.85. The van der Waals surface area contributed by atoms with E-state index in [2.05, 4.69) is 5.32 Å². The predicted octanol–water partition coefficient (Wildman–Crippen LogP) is 3.87. The third-order valence-corrected chi connectivity index (χ3v) is 6.49. The average Bonchev–Trinajstić information content (AvgIpc) is 2.93. The number of carbonyl (C=O) groups is 1. The number of nitrogens with zero attached hydrogens (tertiary/aromatic N) is 3. The van der Waals surface area contributed by atoms with E-state index >= 15 is 0 Å². The Morgan fingerprint density at radius 3 is 2.51 bits per heavy atom. The highest BCUT2D eigenvalue weighted by molar-refractivity contribution is 5.97. The molecule has 0 saturated carbocycles. The molecular formula is C29H27N5O3. The quantitative estimate of drug-likeness (QED) is 0.336. The lowest BCUT2D eigenvalue weighted by atomic mass is 10.1. The highest BCUT2D eigenvalue weighted by Crippen LogP contribution is 2.16. The molecule has 5 rings (SSSR count). The number of rotatable bonds is 7. The number of nitrogens with one attached hydrogen (secondary N) is 2. The van der Waals surface area contributed by atoms with Crippen LogP contribution in [0.1, 0.15) is 34.5 Å². The molecule has 0 spiro atoms. The minimum Gasteiger partial charge on any atom is -0.497 e. The van der Waals surface area contributed by atoms with Crippen molar-refractivity contribution >= 4 is 22.6 Å². The summed E-state index contributed by atoms with van der Waals surface area (Å²) in [7, 11) is 1.62. The normalized spacial score (nSPS) is 11.9. The van der Waals surface area contributed by atoms with Crippen LogP contribution >= 0.6 is 0 Å². The van der Waals surface area contributed by atoms with Gasteiger partial charge in [-0.05, 0) is 54.8 Å². The number of benzene rings is 2. The molecule has 1 atom stereocenters. The Balaban J connectivity index is 1.60. The SMILES string of the molecule is COc1ccc(CCn2c(=N)c(C(=O)N[C@@H](C)c3ccccc3)cc3c(=O)n4ccccc4nc32)cc1. The lowest BCUT2D eigenvalue weighted by molar-refractivity contribution is 0.0937. The van der Waals surface area contributed by atoms with E-state index in [1.54, 1.807) is 30.0 Å². The van der Waals surface area contributed by atoms with E-state index in [-0.39, 0.29) is 28.0 Å².